The van der Waals surface area contributed by atoms with E-state index in [2.05, 4.69) is 0 Å². The lowest BCUT2D eigenvalue weighted by atomic mass is 10.1. The Labute approximate surface area is 163 Å². The van der Waals surface area contributed by atoms with E-state index in [1.54, 1.807) is 67.7 Å². The number of halogens is 1. The Morgan fingerprint density at radius 3 is 2.41 bits per heavy atom. The van der Waals surface area contributed by atoms with Crippen LogP contribution in [0.15, 0.2) is 65.8 Å². The normalized spacial score (nSPS) is 12.0. The first kappa shape index (κ1) is 19.2. The molecule has 0 saturated carbocycles. The highest BCUT2D eigenvalue weighted by Crippen LogP contribution is 2.29. The average molecular weight is 403 g/mol. The van der Waals surface area contributed by atoms with Crippen molar-refractivity contribution < 1.29 is 13.2 Å². The topological polar surface area (TPSA) is 59.4 Å². The summed E-state index contributed by atoms with van der Waals surface area (Å²) < 4.78 is 27.4. The van der Waals surface area contributed by atoms with E-state index in [9.17, 15) is 13.2 Å². The van der Waals surface area contributed by atoms with Crippen LogP contribution >= 0.6 is 11.6 Å². The molecule has 1 heterocycles. The van der Waals surface area contributed by atoms with Gasteiger partial charge in [0.25, 0.3) is 10.0 Å². The van der Waals surface area contributed by atoms with E-state index in [-0.39, 0.29) is 10.7 Å². The summed E-state index contributed by atoms with van der Waals surface area (Å²) in [4.78, 5) is 14.5. The molecule has 5 nitrogen and oxygen atoms in total. The number of ketones is 1. The van der Waals surface area contributed by atoms with E-state index < -0.39 is 10.0 Å². The summed E-state index contributed by atoms with van der Waals surface area (Å²) in [5, 5.41) is 0.923. The fourth-order valence-corrected chi connectivity index (χ4v) is 4.22. The van der Waals surface area contributed by atoms with E-state index in [0.717, 1.165) is 9.54 Å². The molecule has 0 bridgehead atoms. The summed E-state index contributed by atoms with van der Waals surface area (Å²) in [6, 6.07) is 11.4. The van der Waals surface area contributed by atoms with Gasteiger partial charge < -0.3 is 4.90 Å². The molecule has 1 aromatic heterocycles. The molecule has 0 aliphatic rings. The third-order valence-corrected chi connectivity index (χ3v) is 6.02. The van der Waals surface area contributed by atoms with Gasteiger partial charge in [0.2, 0.25) is 0 Å². The molecular formula is C20H19ClN2O3S. The molecule has 0 spiro atoms. The van der Waals surface area contributed by atoms with Gasteiger partial charge >= 0.3 is 0 Å². The van der Waals surface area contributed by atoms with Crippen molar-refractivity contribution in [2.24, 2.45) is 0 Å². The lowest BCUT2D eigenvalue weighted by Gasteiger charge is -2.08. The quantitative estimate of drug-likeness (QED) is 0.476. The second-order valence-electron chi connectivity index (χ2n) is 6.46. The number of rotatable bonds is 5. The van der Waals surface area contributed by atoms with Crippen molar-refractivity contribution in [3.8, 4) is 0 Å². The number of allylic oxidation sites excluding steroid dienone is 1. The highest BCUT2D eigenvalue weighted by Gasteiger charge is 2.23. The maximum atomic E-state index is 13.2. The second kappa shape index (κ2) is 7.21. The molecule has 0 atom stereocenters. The summed E-state index contributed by atoms with van der Waals surface area (Å²) in [6.45, 7) is 1.88. The van der Waals surface area contributed by atoms with Crippen LogP contribution in [0.5, 0.6) is 0 Å². The van der Waals surface area contributed by atoms with E-state index in [1.807, 2.05) is 6.92 Å². The average Bonchev–Trinajstić information content (AvgIpc) is 2.99. The molecule has 27 heavy (non-hydrogen) atoms. The maximum absolute atomic E-state index is 13.2. The van der Waals surface area contributed by atoms with Crippen LogP contribution in [0.1, 0.15) is 15.9 Å². The minimum absolute atomic E-state index is 0.146. The number of hydrogen-bond donors (Lipinski definition) is 0. The second-order valence-corrected chi connectivity index (χ2v) is 8.71. The van der Waals surface area contributed by atoms with Crippen molar-refractivity contribution in [1.82, 2.24) is 8.87 Å². The van der Waals surface area contributed by atoms with Gasteiger partial charge in [-0.25, -0.2) is 12.4 Å². The molecular weight excluding hydrogens is 384 g/mol. The Morgan fingerprint density at radius 1 is 1.11 bits per heavy atom. The zero-order valence-electron chi connectivity index (χ0n) is 15.2. The van der Waals surface area contributed by atoms with Crippen molar-refractivity contribution in [3.05, 3.63) is 77.1 Å². The number of nitrogens with zero attached hydrogens (tertiary/aromatic N) is 2. The zero-order chi connectivity index (χ0) is 19.8. The van der Waals surface area contributed by atoms with Crippen LogP contribution in [0.2, 0.25) is 5.02 Å². The molecule has 2 aromatic carbocycles. The van der Waals surface area contributed by atoms with Gasteiger partial charge in [-0.05, 0) is 31.2 Å². The van der Waals surface area contributed by atoms with E-state index in [4.69, 9.17) is 11.6 Å². The van der Waals surface area contributed by atoms with Gasteiger partial charge in [0, 0.05) is 48.5 Å². The Balaban J connectivity index is 2.23. The molecule has 7 heteroatoms. The Morgan fingerprint density at radius 2 is 1.78 bits per heavy atom. The lowest BCUT2D eigenvalue weighted by molar-refractivity contribution is 0.104. The molecule has 0 unspecified atom stereocenters. The Kier molecular flexibility index (Phi) is 5.13. The van der Waals surface area contributed by atoms with Gasteiger partial charge in [-0.1, -0.05) is 35.4 Å². The lowest BCUT2D eigenvalue weighted by Crippen LogP contribution is -2.12. The summed E-state index contributed by atoms with van der Waals surface area (Å²) in [5.41, 5.74) is 1.62. The van der Waals surface area contributed by atoms with Crippen LogP contribution in [0, 0.1) is 6.92 Å². The smallest absolute Gasteiger partial charge is 0.268 e. The molecule has 0 aliphatic carbocycles. The number of aromatic nitrogens is 1. The van der Waals surface area contributed by atoms with Crippen LogP contribution in [0.4, 0.5) is 0 Å². The van der Waals surface area contributed by atoms with Crippen molar-refractivity contribution in [2.45, 2.75) is 11.8 Å². The summed E-state index contributed by atoms with van der Waals surface area (Å²) in [6.07, 6.45) is 4.39. The first-order valence-electron chi connectivity index (χ1n) is 8.22. The van der Waals surface area contributed by atoms with Gasteiger partial charge in [0.05, 0.1) is 10.4 Å². The first-order valence-corrected chi connectivity index (χ1v) is 10.0. The number of hydrogen-bond acceptors (Lipinski definition) is 4. The van der Waals surface area contributed by atoms with Crippen LogP contribution in [0.25, 0.3) is 10.9 Å². The van der Waals surface area contributed by atoms with Crippen LogP contribution in [-0.4, -0.2) is 37.2 Å². The molecule has 0 aliphatic heterocycles. The number of carbonyl (C=O) groups is 1. The van der Waals surface area contributed by atoms with E-state index in [1.165, 1.54) is 12.3 Å². The monoisotopic (exact) mass is 402 g/mol. The fraction of sp³-hybridized carbons (Fsp3) is 0.150. The van der Waals surface area contributed by atoms with Gasteiger partial charge in [-0.3, -0.25) is 4.79 Å². The molecule has 3 rings (SSSR count). The molecule has 0 saturated heterocycles. The predicted octanol–water partition coefficient (Wildman–Crippen LogP) is 4.10. The number of benzene rings is 2. The Bertz CT molecular complexity index is 1140. The Hall–Kier alpha value is -2.57. The van der Waals surface area contributed by atoms with Crippen molar-refractivity contribution in [3.63, 3.8) is 0 Å². The minimum Gasteiger partial charge on any atom is -0.383 e. The van der Waals surface area contributed by atoms with Crippen molar-refractivity contribution in [1.29, 1.82) is 0 Å². The van der Waals surface area contributed by atoms with E-state index in [0.29, 0.717) is 21.5 Å². The molecule has 0 amide bonds. The molecule has 140 valence electrons. The van der Waals surface area contributed by atoms with E-state index >= 15 is 0 Å². The largest absolute Gasteiger partial charge is 0.383 e. The van der Waals surface area contributed by atoms with Gasteiger partial charge in [0.1, 0.15) is 0 Å². The summed E-state index contributed by atoms with van der Waals surface area (Å²) in [5.74, 6) is -0.283. The minimum atomic E-state index is -3.87. The molecule has 0 radical (unpaired) electrons. The standard InChI is InChI=1S/C20H19ClN2O3S/c1-14-4-7-16(8-5-14)27(25,26)23-13-18(20(24)10-11-22(2)3)17-9-6-15(21)12-19(17)23/h4-13H,1-3H3/b11-10+. The molecule has 0 N–H and O–H groups in total. The number of fused-ring (bicyclic) bond motifs is 1. The van der Waals surface area contributed by atoms with Crippen LogP contribution in [-0.2, 0) is 10.0 Å². The molecule has 0 fully saturated rings. The van der Waals surface area contributed by atoms with Gasteiger partial charge in [0.15, 0.2) is 5.78 Å². The van der Waals surface area contributed by atoms with Gasteiger partial charge in [-0.2, -0.15) is 0 Å². The first-order chi connectivity index (χ1) is 12.7. The highest BCUT2D eigenvalue weighted by molar-refractivity contribution is 7.90. The van der Waals surface area contributed by atoms with Crippen LogP contribution < -0.4 is 0 Å². The third kappa shape index (κ3) is 3.77. The zero-order valence-corrected chi connectivity index (χ0v) is 16.8. The van der Waals surface area contributed by atoms with Crippen molar-refractivity contribution >= 4 is 38.3 Å². The third-order valence-electron chi connectivity index (χ3n) is 4.10. The van der Waals surface area contributed by atoms with Crippen molar-refractivity contribution in [2.75, 3.05) is 14.1 Å². The summed E-state index contributed by atoms with van der Waals surface area (Å²) in [7, 11) is -0.271. The fourth-order valence-electron chi connectivity index (χ4n) is 2.70. The van der Waals surface area contributed by atoms with Gasteiger partial charge in [-0.15, -0.1) is 0 Å². The molecule has 3 aromatic rings. The maximum Gasteiger partial charge on any atom is 0.268 e. The number of aryl methyl sites for hydroxylation is 1. The van der Waals surface area contributed by atoms with Crippen LogP contribution in [0.3, 0.4) is 0 Å². The highest BCUT2D eigenvalue weighted by atomic mass is 35.5. The number of carbonyl (C=O) groups excluding carboxylic acids is 1. The predicted molar refractivity (Wildman–Crippen MR) is 108 cm³/mol. The SMILES string of the molecule is Cc1ccc(S(=O)(=O)n2cc(C(=O)/C=C/N(C)C)c3ccc(Cl)cc32)cc1. The summed E-state index contributed by atoms with van der Waals surface area (Å²) >= 11 is 6.09.